The van der Waals surface area contributed by atoms with Gasteiger partial charge in [-0.1, -0.05) is 12.1 Å². The van der Waals surface area contributed by atoms with Gasteiger partial charge in [-0.05, 0) is 112 Å². The molecule has 4 rings (SSSR count). The van der Waals surface area contributed by atoms with Gasteiger partial charge in [0.1, 0.15) is 12.9 Å². The van der Waals surface area contributed by atoms with Crippen molar-refractivity contribution in [3.8, 4) is 5.75 Å². The highest BCUT2D eigenvalue weighted by atomic mass is 28.4. The third-order valence-corrected chi connectivity index (χ3v) is 8.22. The molecule has 0 saturated heterocycles. The van der Waals surface area contributed by atoms with Gasteiger partial charge in [0.15, 0.2) is 0 Å². The van der Waals surface area contributed by atoms with Gasteiger partial charge in [-0.25, -0.2) is 0 Å². The molecule has 27 heavy (non-hydrogen) atoms. The molecule has 0 N–H and O–H groups in total. The smallest absolute Gasteiger partial charge is 0.242 e. The van der Waals surface area contributed by atoms with Crippen molar-refractivity contribution < 1.29 is 9.26 Å². The quantitative estimate of drug-likeness (QED) is 0.467. The van der Waals surface area contributed by atoms with E-state index in [1.165, 1.54) is 43.4 Å². The van der Waals surface area contributed by atoms with E-state index in [-0.39, 0.29) is 5.41 Å². The fraction of sp³-hybridized carbons (Fsp3) is 0.696. The third-order valence-electron chi connectivity index (χ3n) is 7.37. The maximum Gasteiger partial charge on any atom is 0.242 e. The summed E-state index contributed by atoms with van der Waals surface area (Å²) in [5.74, 6) is 3.37. The van der Waals surface area contributed by atoms with Gasteiger partial charge in [0.25, 0.3) is 0 Å². The molecular weight excluding hydrogens is 350 g/mol. The van der Waals surface area contributed by atoms with E-state index in [0.717, 1.165) is 29.9 Å². The minimum Gasteiger partial charge on any atom is -0.544 e. The monoisotopic (exact) mass is 385 g/mol. The molecule has 3 nitrogen and oxygen atoms in total. The summed E-state index contributed by atoms with van der Waals surface area (Å²) >= 11 is 0. The van der Waals surface area contributed by atoms with Crippen molar-refractivity contribution in [3.63, 3.8) is 0 Å². The molecule has 0 amide bonds. The van der Waals surface area contributed by atoms with Gasteiger partial charge in [-0.2, -0.15) is 0 Å². The molecule has 148 valence electrons. The molecule has 3 aliphatic carbocycles. The number of fused-ring (bicyclic) bond motifs is 5. The van der Waals surface area contributed by atoms with Crippen LogP contribution in [-0.4, -0.2) is 21.1 Å². The normalized spacial score (nSPS) is 34.0. The van der Waals surface area contributed by atoms with Crippen LogP contribution in [0.25, 0.3) is 0 Å². The molecule has 0 aromatic heterocycles. The van der Waals surface area contributed by atoms with Crippen molar-refractivity contribution in [2.24, 2.45) is 22.4 Å². The molecule has 4 atom stereocenters. The van der Waals surface area contributed by atoms with Crippen LogP contribution in [0.5, 0.6) is 5.75 Å². The summed E-state index contributed by atoms with van der Waals surface area (Å²) in [5, 5.41) is 4.43. The Morgan fingerprint density at radius 2 is 1.89 bits per heavy atom. The predicted molar refractivity (Wildman–Crippen MR) is 114 cm³/mol. The molecular formula is C23H35NO2Si. The van der Waals surface area contributed by atoms with Crippen LogP contribution < -0.4 is 4.43 Å². The van der Waals surface area contributed by atoms with Crippen molar-refractivity contribution in [2.45, 2.75) is 77.9 Å². The molecule has 2 saturated carbocycles. The van der Waals surface area contributed by atoms with Gasteiger partial charge < -0.3 is 9.26 Å². The Labute approximate surface area is 165 Å². The summed E-state index contributed by atoms with van der Waals surface area (Å²) in [6, 6.07) is 4.66. The van der Waals surface area contributed by atoms with E-state index in [0.29, 0.717) is 0 Å². The highest BCUT2D eigenvalue weighted by Crippen LogP contribution is 2.60. The van der Waals surface area contributed by atoms with E-state index >= 15 is 0 Å². The zero-order chi connectivity index (χ0) is 19.4. The number of aryl methyl sites for hydroxylation is 2. The first-order valence-corrected chi connectivity index (χ1v) is 14.1. The molecule has 4 heteroatoms. The summed E-state index contributed by atoms with van der Waals surface area (Å²) in [6.45, 7) is 11.5. The minimum atomic E-state index is -1.57. The number of hydrogen-bond donors (Lipinski definition) is 0. The third kappa shape index (κ3) is 3.24. The highest BCUT2D eigenvalue weighted by molar-refractivity contribution is 6.70. The average Bonchev–Trinajstić information content (AvgIpc) is 2.90. The van der Waals surface area contributed by atoms with Crippen LogP contribution in [-0.2, 0) is 11.3 Å². The zero-order valence-electron chi connectivity index (χ0n) is 17.9. The lowest BCUT2D eigenvalue weighted by Crippen LogP contribution is -2.42. The highest BCUT2D eigenvalue weighted by Gasteiger charge is 2.54. The molecule has 0 heterocycles. The zero-order valence-corrected chi connectivity index (χ0v) is 18.9. The molecule has 0 unspecified atom stereocenters. The summed E-state index contributed by atoms with van der Waals surface area (Å²) in [4.78, 5) is 5.18. The van der Waals surface area contributed by atoms with Crippen molar-refractivity contribution >= 4 is 14.0 Å². The second kappa shape index (κ2) is 6.65. The van der Waals surface area contributed by atoms with Crippen molar-refractivity contribution in [2.75, 3.05) is 7.11 Å². The van der Waals surface area contributed by atoms with E-state index in [9.17, 15) is 0 Å². The lowest BCUT2D eigenvalue weighted by molar-refractivity contribution is 0.0921. The average molecular weight is 386 g/mol. The van der Waals surface area contributed by atoms with Crippen molar-refractivity contribution in [1.82, 2.24) is 0 Å². The van der Waals surface area contributed by atoms with Crippen molar-refractivity contribution in [1.29, 1.82) is 0 Å². The van der Waals surface area contributed by atoms with Gasteiger partial charge in [0, 0.05) is 5.41 Å². The van der Waals surface area contributed by atoms with Crippen LogP contribution in [0.15, 0.2) is 17.3 Å². The first-order chi connectivity index (χ1) is 12.7. The lowest BCUT2D eigenvalue weighted by atomic mass is 9.55. The van der Waals surface area contributed by atoms with E-state index in [4.69, 9.17) is 9.26 Å². The molecule has 3 aliphatic rings. The Kier molecular flexibility index (Phi) is 4.69. The first kappa shape index (κ1) is 19.0. The second-order valence-electron chi connectivity index (χ2n) is 10.2. The molecule has 0 radical (unpaired) electrons. The fourth-order valence-corrected chi connectivity index (χ4v) is 7.23. The van der Waals surface area contributed by atoms with E-state index in [2.05, 4.69) is 50.8 Å². The second-order valence-corrected chi connectivity index (χ2v) is 14.6. The summed E-state index contributed by atoms with van der Waals surface area (Å²) in [5.41, 5.74) is 6.21. The van der Waals surface area contributed by atoms with Gasteiger partial charge in [-0.15, -0.1) is 0 Å². The van der Waals surface area contributed by atoms with E-state index < -0.39 is 8.32 Å². The Bertz CT molecular complexity index is 766. The maximum atomic E-state index is 6.32. The standard InChI is InChI=1S/C23H35NO2Si/c1-15-13-17(26-27(4,5)6)14-16-7-8-18-19(22(15)16)11-12-23(2)20(18)9-10-21(23)24-25-3/h13-14,18-20H,7-12H2,1-6H3/b24-21+/t18-,19+,20+,23+/m1/s1. The Balaban J connectivity index is 1.66. The Morgan fingerprint density at radius 3 is 2.59 bits per heavy atom. The Morgan fingerprint density at radius 1 is 1.11 bits per heavy atom. The van der Waals surface area contributed by atoms with Crippen molar-refractivity contribution in [3.05, 3.63) is 28.8 Å². The predicted octanol–water partition coefficient (Wildman–Crippen LogP) is 6.07. The number of benzene rings is 1. The molecule has 0 bridgehead atoms. The van der Waals surface area contributed by atoms with Crippen LogP contribution in [0, 0.1) is 24.2 Å². The molecule has 0 spiro atoms. The summed E-state index contributed by atoms with van der Waals surface area (Å²) in [6.07, 6.45) is 7.44. The fourth-order valence-electron chi connectivity index (χ4n) is 6.40. The topological polar surface area (TPSA) is 30.8 Å². The van der Waals surface area contributed by atoms with Gasteiger partial charge in [-0.3, -0.25) is 0 Å². The van der Waals surface area contributed by atoms with E-state index in [1.807, 2.05) is 0 Å². The van der Waals surface area contributed by atoms with Gasteiger partial charge >= 0.3 is 0 Å². The molecule has 0 aliphatic heterocycles. The van der Waals surface area contributed by atoms with E-state index in [1.54, 1.807) is 18.2 Å². The van der Waals surface area contributed by atoms with Crippen LogP contribution >= 0.6 is 0 Å². The SMILES string of the molecule is CO/N=C1\CC[C@H]2[C@@H]3CCc4cc(O[Si](C)(C)C)cc(C)c4[C@H]3CC[C@]12C. The number of nitrogens with zero attached hydrogens (tertiary/aromatic N) is 1. The molecule has 1 aromatic rings. The molecule has 1 aromatic carbocycles. The summed E-state index contributed by atoms with van der Waals surface area (Å²) in [7, 11) is 0.121. The summed E-state index contributed by atoms with van der Waals surface area (Å²) < 4.78 is 6.32. The maximum absolute atomic E-state index is 6.32. The van der Waals surface area contributed by atoms with Crippen LogP contribution in [0.2, 0.25) is 19.6 Å². The van der Waals surface area contributed by atoms with Gasteiger partial charge in [0.05, 0.1) is 5.71 Å². The molecule has 2 fully saturated rings. The van der Waals surface area contributed by atoms with Gasteiger partial charge in [0.2, 0.25) is 8.32 Å². The number of rotatable bonds is 3. The lowest BCUT2D eigenvalue weighted by Gasteiger charge is -2.49. The number of oxime groups is 1. The van der Waals surface area contributed by atoms with Crippen LogP contribution in [0.1, 0.15) is 61.6 Å². The number of hydrogen-bond acceptors (Lipinski definition) is 3. The van der Waals surface area contributed by atoms with Crippen LogP contribution in [0.3, 0.4) is 0 Å². The largest absolute Gasteiger partial charge is 0.544 e. The van der Waals surface area contributed by atoms with Crippen LogP contribution in [0.4, 0.5) is 0 Å². The first-order valence-electron chi connectivity index (χ1n) is 10.7. The Hall–Kier alpha value is -1.29. The minimum absolute atomic E-state index is 0.253.